The zero-order valence-electron chi connectivity index (χ0n) is 10.4. The molecule has 0 heterocycles. The number of nitro benzene ring substituents is 1. The van der Waals surface area contributed by atoms with Crippen molar-refractivity contribution in [2.75, 3.05) is 5.33 Å². The van der Waals surface area contributed by atoms with Crippen LogP contribution in [-0.2, 0) is 0 Å². The molecule has 0 aliphatic heterocycles. The molecule has 0 aliphatic carbocycles. The maximum Gasteiger partial charge on any atom is 0.282 e. The number of amides is 1. The Morgan fingerprint density at radius 3 is 2.79 bits per heavy atom. The first-order valence-corrected chi connectivity index (χ1v) is 6.92. The molecular weight excluding hydrogens is 319 g/mol. The molecule has 1 amide bonds. The van der Waals surface area contributed by atoms with Gasteiger partial charge in [-0.15, -0.1) is 0 Å². The van der Waals surface area contributed by atoms with E-state index in [1.807, 2.05) is 6.92 Å². The predicted molar refractivity (Wildman–Crippen MR) is 73.0 cm³/mol. The van der Waals surface area contributed by atoms with Crippen molar-refractivity contribution in [2.24, 2.45) is 0 Å². The Morgan fingerprint density at radius 2 is 2.26 bits per heavy atom. The molecule has 0 aliphatic rings. The van der Waals surface area contributed by atoms with Crippen molar-refractivity contribution in [3.63, 3.8) is 0 Å². The minimum atomic E-state index is -0.695. The lowest BCUT2D eigenvalue weighted by atomic mass is 10.1. The number of carbonyl (C=O) groups is 1. The molecule has 0 fully saturated rings. The van der Waals surface area contributed by atoms with Crippen molar-refractivity contribution in [3.8, 4) is 0 Å². The maximum atomic E-state index is 13.1. The minimum Gasteiger partial charge on any atom is -0.349 e. The van der Waals surface area contributed by atoms with Gasteiger partial charge in [0.25, 0.3) is 11.6 Å². The molecule has 0 spiro atoms. The van der Waals surface area contributed by atoms with Crippen molar-refractivity contribution >= 4 is 27.5 Å². The number of nitrogens with one attached hydrogen (secondary N) is 1. The molecule has 19 heavy (non-hydrogen) atoms. The van der Waals surface area contributed by atoms with E-state index in [1.165, 1.54) is 0 Å². The number of alkyl halides is 1. The van der Waals surface area contributed by atoms with Crippen LogP contribution in [0, 0.1) is 15.9 Å². The number of halogens is 2. The third-order valence-corrected chi connectivity index (χ3v) is 3.14. The summed E-state index contributed by atoms with van der Waals surface area (Å²) in [6.45, 7) is 1.90. The van der Waals surface area contributed by atoms with E-state index in [-0.39, 0.29) is 11.6 Å². The van der Waals surface area contributed by atoms with Crippen molar-refractivity contribution < 1.29 is 14.1 Å². The van der Waals surface area contributed by atoms with E-state index in [4.69, 9.17) is 0 Å². The van der Waals surface area contributed by atoms with Gasteiger partial charge in [0.15, 0.2) is 0 Å². The van der Waals surface area contributed by atoms with Gasteiger partial charge in [-0.1, -0.05) is 22.9 Å². The fourth-order valence-electron chi connectivity index (χ4n) is 1.62. The first-order chi connectivity index (χ1) is 8.99. The molecule has 104 valence electrons. The number of nitrogens with zero attached hydrogens (tertiary/aromatic N) is 1. The average molecular weight is 333 g/mol. The molecule has 1 atom stereocenters. The summed E-state index contributed by atoms with van der Waals surface area (Å²) in [6.07, 6.45) is 1.39. The second kappa shape index (κ2) is 7.18. The summed E-state index contributed by atoms with van der Waals surface area (Å²) in [7, 11) is 0. The third kappa shape index (κ3) is 4.27. The summed E-state index contributed by atoms with van der Waals surface area (Å²) in [5.74, 6) is -1.30. The van der Waals surface area contributed by atoms with Crippen LogP contribution in [0.3, 0.4) is 0 Å². The summed E-state index contributed by atoms with van der Waals surface area (Å²) < 4.78 is 13.1. The summed E-state index contributed by atoms with van der Waals surface area (Å²) in [5.41, 5.74) is -0.648. The summed E-state index contributed by atoms with van der Waals surface area (Å²) in [6, 6.07) is 2.74. The van der Waals surface area contributed by atoms with Crippen molar-refractivity contribution in [2.45, 2.75) is 25.8 Å². The second-order valence-corrected chi connectivity index (χ2v) is 4.77. The van der Waals surface area contributed by atoms with Gasteiger partial charge in [0.2, 0.25) is 0 Å². The zero-order chi connectivity index (χ0) is 14.4. The van der Waals surface area contributed by atoms with E-state index < -0.39 is 22.3 Å². The smallest absolute Gasteiger partial charge is 0.282 e. The molecule has 0 radical (unpaired) electrons. The largest absolute Gasteiger partial charge is 0.349 e. The molecule has 1 N–H and O–H groups in total. The Labute approximate surface area is 118 Å². The Kier molecular flexibility index (Phi) is 5.88. The highest BCUT2D eigenvalue weighted by atomic mass is 79.9. The average Bonchev–Trinajstić information content (AvgIpc) is 2.37. The van der Waals surface area contributed by atoms with E-state index in [2.05, 4.69) is 21.2 Å². The van der Waals surface area contributed by atoms with Crippen LogP contribution in [-0.4, -0.2) is 22.2 Å². The molecule has 1 rings (SSSR count). The number of carbonyl (C=O) groups excluding carboxylic acids is 1. The predicted octanol–water partition coefficient (Wildman–Crippen LogP) is 3.03. The molecule has 0 saturated carbocycles. The SMILES string of the molecule is CCC(CCBr)NC(=O)c1cc(F)ccc1[N+](=O)[O-]. The lowest BCUT2D eigenvalue weighted by Gasteiger charge is -2.15. The van der Waals surface area contributed by atoms with Gasteiger partial charge >= 0.3 is 0 Å². The number of rotatable bonds is 6. The molecule has 0 saturated heterocycles. The van der Waals surface area contributed by atoms with Crippen LogP contribution in [0.2, 0.25) is 0 Å². The highest BCUT2D eigenvalue weighted by molar-refractivity contribution is 9.09. The van der Waals surface area contributed by atoms with Gasteiger partial charge in [-0.25, -0.2) is 4.39 Å². The van der Waals surface area contributed by atoms with Gasteiger partial charge in [0.05, 0.1) is 4.92 Å². The van der Waals surface area contributed by atoms with Gasteiger partial charge in [-0.3, -0.25) is 14.9 Å². The van der Waals surface area contributed by atoms with E-state index >= 15 is 0 Å². The van der Waals surface area contributed by atoms with E-state index in [9.17, 15) is 19.3 Å². The van der Waals surface area contributed by atoms with Crippen LogP contribution >= 0.6 is 15.9 Å². The van der Waals surface area contributed by atoms with E-state index in [0.29, 0.717) is 18.2 Å². The monoisotopic (exact) mass is 332 g/mol. The van der Waals surface area contributed by atoms with Crippen LogP contribution < -0.4 is 5.32 Å². The minimum absolute atomic E-state index is 0.102. The summed E-state index contributed by atoms with van der Waals surface area (Å²) in [4.78, 5) is 22.1. The van der Waals surface area contributed by atoms with Crippen LogP contribution in [0.15, 0.2) is 18.2 Å². The highest BCUT2D eigenvalue weighted by Gasteiger charge is 2.22. The van der Waals surface area contributed by atoms with Crippen LogP contribution in [0.4, 0.5) is 10.1 Å². The Balaban J connectivity index is 2.98. The summed E-state index contributed by atoms with van der Waals surface area (Å²) in [5, 5.41) is 14.2. The third-order valence-electron chi connectivity index (χ3n) is 2.69. The zero-order valence-corrected chi connectivity index (χ0v) is 11.9. The van der Waals surface area contributed by atoms with E-state index in [1.54, 1.807) is 0 Å². The highest BCUT2D eigenvalue weighted by Crippen LogP contribution is 2.19. The molecular formula is C12H14BrFN2O3. The number of nitro groups is 1. The molecule has 5 nitrogen and oxygen atoms in total. The lowest BCUT2D eigenvalue weighted by Crippen LogP contribution is -2.35. The van der Waals surface area contributed by atoms with Gasteiger partial charge in [-0.05, 0) is 25.0 Å². The molecule has 1 aromatic carbocycles. The number of benzene rings is 1. The van der Waals surface area contributed by atoms with Gasteiger partial charge < -0.3 is 5.32 Å². The Bertz CT molecular complexity index is 482. The van der Waals surface area contributed by atoms with E-state index in [0.717, 1.165) is 18.2 Å². The van der Waals surface area contributed by atoms with Crippen molar-refractivity contribution in [1.82, 2.24) is 5.32 Å². The van der Waals surface area contributed by atoms with Crippen LogP contribution in [0.5, 0.6) is 0 Å². The fourth-order valence-corrected chi connectivity index (χ4v) is 2.18. The van der Waals surface area contributed by atoms with Gasteiger partial charge in [-0.2, -0.15) is 0 Å². The maximum absolute atomic E-state index is 13.1. The lowest BCUT2D eigenvalue weighted by molar-refractivity contribution is -0.385. The normalized spacial score (nSPS) is 11.9. The van der Waals surface area contributed by atoms with Crippen LogP contribution in [0.25, 0.3) is 0 Å². The topological polar surface area (TPSA) is 72.2 Å². The molecule has 7 heteroatoms. The number of hydrogen-bond donors (Lipinski definition) is 1. The van der Waals surface area contributed by atoms with Gasteiger partial charge in [0, 0.05) is 17.4 Å². The van der Waals surface area contributed by atoms with Crippen molar-refractivity contribution in [3.05, 3.63) is 39.7 Å². The molecule has 1 unspecified atom stereocenters. The first-order valence-electron chi connectivity index (χ1n) is 5.80. The molecule has 0 aromatic heterocycles. The Hall–Kier alpha value is -1.50. The van der Waals surface area contributed by atoms with Gasteiger partial charge in [0.1, 0.15) is 11.4 Å². The van der Waals surface area contributed by atoms with Crippen LogP contribution in [0.1, 0.15) is 30.1 Å². The number of hydrogen-bond acceptors (Lipinski definition) is 3. The molecule has 0 bridgehead atoms. The fraction of sp³-hybridized carbons (Fsp3) is 0.417. The quantitative estimate of drug-likeness (QED) is 0.494. The standard InChI is InChI=1S/C12H14BrFN2O3/c1-2-9(5-6-13)15-12(17)10-7-8(14)3-4-11(10)16(18)19/h3-4,7,9H,2,5-6H2,1H3,(H,15,17). The first kappa shape index (κ1) is 15.6. The second-order valence-electron chi connectivity index (χ2n) is 3.97. The Morgan fingerprint density at radius 1 is 1.58 bits per heavy atom. The molecule has 1 aromatic rings. The van der Waals surface area contributed by atoms with Crippen molar-refractivity contribution in [1.29, 1.82) is 0 Å². The summed E-state index contributed by atoms with van der Waals surface area (Å²) >= 11 is 3.27.